The highest BCUT2D eigenvalue weighted by molar-refractivity contribution is 6.08. The molecule has 1 aliphatic carbocycles. The zero-order chi connectivity index (χ0) is 24.2. The molecule has 2 aromatic heterocycles. The number of methoxy groups -OCH3 is 1. The average molecular weight is 471 g/mol. The molecule has 4 aromatic rings. The third kappa shape index (κ3) is 4.64. The zero-order valence-electron chi connectivity index (χ0n) is 19.9. The van der Waals surface area contributed by atoms with Gasteiger partial charge in [0.2, 0.25) is 0 Å². The highest BCUT2D eigenvalue weighted by atomic mass is 16.5. The monoisotopic (exact) mass is 470 g/mol. The van der Waals surface area contributed by atoms with E-state index in [-0.39, 0.29) is 18.6 Å². The first-order valence-electron chi connectivity index (χ1n) is 12.2. The lowest BCUT2D eigenvalue weighted by molar-refractivity contribution is 0.0967. The van der Waals surface area contributed by atoms with Gasteiger partial charge >= 0.3 is 0 Å². The highest BCUT2D eigenvalue weighted by Crippen LogP contribution is 2.32. The molecule has 0 radical (unpaired) electrons. The number of aliphatic hydroxyl groups excluding tert-OH is 1. The summed E-state index contributed by atoms with van der Waals surface area (Å²) < 4.78 is 7.65. The van der Waals surface area contributed by atoms with Crippen LogP contribution in [-0.4, -0.2) is 38.7 Å². The number of hydrogen-bond donors (Lipinski definition) is 1. The molecule has 0 bridgehead atoms. The Balaban J connectivity index is 1.48. The Bertz CT molecular complexity index is 1310. The minimum absolute atomic E-state index is 0.0418. The molecule has 5 rings (SSSR count). The smallest absolute Gasteiger partial charge is 0.262 e. The third-order valence-corrected chi connectivity index (χ3v) is 6.77. The Kier molecular flexibility index (Phi) is 6.77. The van der Waals surface area contributed by atoms with Gasteiger partial charge in [0, 0.05) is 24.5 Å². The van der Waals surface area contributed by atoms with Crippen molar-refractivity contribution >= 4 is 22.8 Å². The van der Waals surface area contributed by atoms with Crippen molar-refractivity contribution in [1.82, 2.24) is 14.5 Å². The molecule has 35 heavy (non-hydrogen) atoms. The van der Waals surface area contributed by atoms with Crippen molar-refractivity contribution in [1.29, 1.82) is 0 Å². The van der Waals surface area contributed by atoms with Crippen LogP contribution in [0, 0.1) is 0 Å². The molecule has 2 aromatic carbocycles. The second-order valence-corrected chi connectivity index (χ2v) is 8.96. The van der Waals surface area contributed by atoms with Crippen molar-refractivity contribution < 1.29 is 14.6 Å². The molecule has 1 amide bonds. The summed E-state index contributed by atoms with van der Waals surface area (Å²) in [6.45, 7) is 0.297. The third-order valence-electron chi connectivity index (χ3n) is 6.77. The molecule has 0 spiro atoms. The molecule has 7 nitrogen and oxygen atoms in total. The van der Waals surface area contributed by atoms with E-state index in [0.29, 0.717) is 29.3 Å². The summed E-state index contributed by atoms with van der Waals surface area (Å²) in [5, 5.41) is 9.82. The molecule has 0 atom stereocenters. The maximum atomic E-state index is 13.9. The molecule has 1 N–H and O–H groups in total. The van der Waals surface area contributed by atoms with Gasteiger partial charge in [0.05, 0.1) is 18.2 Å². The van der Waals surface area contributed by atoms with Crippen LogP contribution in [0.1, 0.15) is 53.8 Å². The summed E-state index contributed by atoms with van der Waals surface area (Å²) in [4.78, 5) is 24.6. The summed E-state index contributed by atoms with van der Waals surface area (Å²) in [6.07, 6.45) is 7.20. The number of carbonyl (C=O) groups is 1. The minimum atomic E-state index is -0.183. The fraction of sp³-hybridized carbons (Fsp3) is 0.321. The number of rotatable bonds is 7. The number of pyridine rings is 1. The predicted octanol–water partition coefficient (Wildman–Crippen LogP) is 4.96. The molecule has 7 heteroatoms. The van der Waals surface area contributed by atoms with E-state index < -0.39 is 0 Å². The van der Waals surface area contributed by atoms with Gasteiger partial charge in [-0.2, -0.15) is 0 Å². The number of ether oxygens (including phenoxy) is 1. The lowest BCUT2D eigenvalue weighted by Crippen LogP contribution is -2.41. The van der Waals surface area contributed by atoms with Crippen LogP contribution < -0.4 is 9.64 Å². The zero-order valence-corrected chi connectivity index (χ0v) is 19.9. The molecule has 1 fully saturated rings. The summed E-state index contributed by atoms with van der Waals surface area (Å²) in [6, 6.07) is 19.6. The van der Waals surface area contributed by atoms with Crippen molar-refractivity contribution in [2.24, 2.45) is 0 Å². The largest absolute Gasteiger partial charge is 0.496 e. The number of hydrogen-bond acceptors (Lipinski definition) is 5. The standard InChI is InChI=1S/C28H30N4O3/c1-35-25-17-20(18-31-24-13-8-16-29-27(24)30-26(31)19-33)14-15-23(25)28(34)32(21-9-4-2-5-10-21)22-11-6-3-7-12-22/h2,4-5,8-10,13-17,22,33H,3,6-7,11-12,18-19H2,1H3. The van der Waals surface area contributed by atoms with Crippen LogP contribution in [0.5, 0.6) is 5.75 Å². The van der Waals surface area contributed by atoms with Gasteiger partial charge in [-0.05, 0) is 54.8 Å². The van der Waals surface area contributed by atoms with Gasteiger partial charge in [-0.25, -0.2) is 9.97 Å². The summed E-state index contributed by atoms with van der Waals surface area (Å²) in [7, 11) is 1.60. The first-order chi connectivity index (χ1) is 17.2. The van der Waals surface area contributed by atoms with Crippen LogP contribution in [0.15, 0.2) is 66.9 Å². The van der Waals surface area contributed by atoms with E-state index in [0.717, 1.165) is 42.5 Å². The number of fused-ring (bicyclic) bond motifs is 1. The number of amides is 1. The molecule has 0 unspecified atom stereocenters. The van der Waals surface area contributed by atoms with Crippen molar-refractivity contribution in [3.8, 4) is 5.75 Å². The van der Waals surface area contributed by atoms with Gasteiger partial charge in [-0.15, -0.1) is 0 Å². The lowest BCUT2D eigenvalue weighted by Gasteiger charge is -2.35. The number of nitrogens with zero attached hydrogens (tertiary/aromatic N) is 4. The van der Waals surface area contributed by atoms with Crippen LogP contribution >= 0.6 is 0 Å². The van der Waals surface area contributed by atoms with E-state index in [4.69, 9.17) is 4.74 Å². The van der Waals surface area contributed by atoms with Crippen LogP contribution in [0.25, 0.3) is 11.2 Å². The van der Waals surface area contributed by atoms with Crippen LogP contribution in [0.4, 0.5) is 5.69 Å². The van der Waals surface area contributed by atoms with Crippen LogP contribution in [0.3, 0.4) is 0 Å². The van der Waals surface area contributed by atoms with Gasteiger partial charge in [-0.1, -0.05) is 43.5 Å². The number of para-hydroxylation sites is 1. The fourth-order valence-corrected chi connectivity index (χ4v) is 5.05. The van der Waals surface area contributed by atoms with Gasteiger partial charge in [0.1, 0.15) is 18.2 Å². The molecule has 0 aliphatic heterocycles. The molecule has 1 saturated carbocycles. The molecule has 180 valence electrons. The second kappa shape index (κ2) is 10.3. The lowest BCUT2D eigenvalue weighted by atomic mass is 9.93. The average Bonchev–Trinajstić information content (AvgIpc) is 3.27. The van der Waals surface area contributed by atoms with Crippen molar-refractivity contribution in [3.05, 3.63) is 83.8 Å². The number of benzene rings is 2. The number of carbonyl (C=O) groups excluding carboxylic acids is 1. The summed E-state index contributed by atoms with van der Waals surface area (Å²) >= 11 is 0. The Labute approximate surface area is 205 Å². The number of imidazole rings is 1. The van der Waals surface area contributed by atoms with Gasteiger partial charge in [0.15, 0.2) is 5.65 Å². The Hall–Kier alpha value is -3.71. The SMILES string of the molecule is COc1cc(Cn2c(CO)nc3ncccc32)ccc1C(=O)N(c1ccccc1)C1CCCCC1. The number of aliphatic hydroxyl groups is 1. The van der Waals surface area contributed by atoms with Gasteiger partial charge in [0.25, 0.3) is 5.91 Å². The van der Waals surface area contributed by atoms with E-state index in [9.17, 15) is 9.90 Å². The maximum Gasteiger partial charge on any atom is 0.262 e. The number of anilines is 1. The Morgan fingerprint density at radius 3 is 2.63 bits per heavy atom. The summed E-state index contributed by atoms with van der Waals surface area (Å²) in [5.41, 5.74) is 3.86. The van der Waals surface area contributed by atoms with Crippen molar-refractivity contribution in [2.75, 3.05) is 12.0 Å². The summed E-state index contributed by atoms with van der Waals surface area (Å²) in [5.74, 6) is 1.04. The molecule has 1 aliphatic rings. The van der Waals surface area contributed by atoms with Crippen molar-refractivity contribution in [3.63, 3.8) is 0 Å². The van der Waals surface area contributed by atoms with E-state index >= 15 is 0 Å². The fourth-order valence-electron chi connectivity index (χ4n) is 5.05. The van der Waals surface area contributed by atoms with Crippen LogP contribution in [-0.2, 0) is 13.2 Å². The minimum Gasteiger partial charge on any atom is -0.496 e. The topological polar surface area (TPSA) is 80.5 Å². The maximum absolute atomic E-state index is 13.9. The van der Waals surface area contributed by atoms with E-state index in [1.54, 1.807) is 13.3 Å². The highest BCUT2D eigenvalue weighted by Gasteiger charge is 2.29. The Morgan fingerprint density at radius 1 is 1.09 bits per heavy atom. The molecular weight excluding hydrogens is 440 g/mol. The van der Waals surface area contributed by atoms with Gasteiger partial charge in [-0.3, -0.25) is 4.79 Å². The molecular formula is C28H30N4O3. The van der Waals surface area contributed by atoms with Gasteiger partial charge < -0.3 is 19.3 Å². The van der Waals surface area contributed by atoms with E-state index in [1.165, 1.54) is 6.42 Å². The van der Waals surface area contributed by atoms with Crippen molar-refractivity contribution in [2.45, 2.75) is 51.3 Å². The first-order valence-corrected chi connectivity index (χ1v) is 12.2. The van der Waals surface area contributed by atoms with Crippen LogP contribution in [0.2, 0.25) is 0 Å². The predicted molar refractivity (Wildman–Crippen MR) is 136 cm³/mol. The molecule has 0 saturated heterocycles. The molecule has 2 heterocycles. The first kappa shape index (κ1) is 23.1. The quantitative estimate of drug-likeness (QED) is 0.413. The number of aromatic nitrogens is 3. The second-order valence-electron chi connectivity index (χ2n) is 8.96. The van der Waals surface area contributed by atoms with E-state index in [2.05, 4.69) is 9.97 Å². The van der Waals surface area contributed by atoms with E-state index in [1.807, 2.05) is 70.1 Å². The normalized spacial score (nSPS) is 14.2. The Morgan fingerprint density at radius 2 is 1.89 bits per heavy atom.